The third-order valence-corrected chi connectivity index (χ3v) is 4.81. The highest BCUT2D eigenvalue weighted by Crippen LogP contribution is 2.32. The zero-order valence-electron chi connectivity index (χ0n) is 14.9. The summed E-state index contributed by atoms with van der Waals surface area (Å²) in [4.78, 5) is 24.6. The fourth-order valence-electron chi connectivity index (χ4n) is 3.34. The Labute approximate surface area is 155 Å². The number of carbonyl (C=O) groups is 1. The Bertz CT molecular complexity index is 1020. The van der Waals surface area contributed by atoms with E-state index in [-0.39, 0.29) is 17.5 Å². The summed E-state index contributed by atoms with van der Waals surface area (Å²) >= 11 is 0. The lowest BCUT2D eigenvalue weighted by molar-refractivity contribution is -0.129. The van der Waals surface area contributed by atoms with Crippen LogP contribution in [0.5, 0.6) is 5.75 Å². The van der Waals surface area contributed by atoms with E-state index in [0.717, 1.165) is 0 Å². The highest BCUT2D eigenvalue weighted by molar-refractivity contribution is 5.91. The Balaban J connectivity index is 1.82. The van der Waals surface area contributed by atoms with Crippen LogP contribution in [0.15, 0.2) is 42.5 Å². The maximum atomic E-state index is 13.9. The quantitative estimate of drug-likeness (QED) is 0.755. The van der Waals surface area contributed by atoms with Crippen molar-refractivity contribution in [2.45, 2.75) is 6.92 Å². The number of halogens is 1. The number of piperazine rings is 1. The van der Waals surface area contributed by atoms with Gasteiger partial charge < -0.3 is 14.9 Å². The number of fused-ring (bicyclic) bond motifs is 1. The summed E-state index contributed by atoms with van der Waals surface area (Å²) in [5.41, 5.74) is 1.13. The Morgan fingerprint density at radius 2 is 1.81 bits per heavy atom. The van der Waals surface area contributed by atoms with E-state index in [1.54, 1.807) is 42.2 Å². The highest BCUT2D eigenvalue weighted by Gasteiger charge is 2.23. The molecule has 7 heteroatoms. The van der Waals surface area contributed by atoms with Crippen LogP contribution in [0, 0.1) is 5.82 Å². The fraction of sp³-hybridized carbons (Fsp3) is 0.250. The molecule has 1 aliphatic rings. The van der Waals surface area contributed by atoms with Gasteiger partial charge in [0.2, 0.25) is 5.91 Å². The lowest BCUT2D eigenvalue weighted by Crippen LogP contribution is -2.48. The van der Waals surface area contributed by atoms with Crippen molar-refractivity contribution in [2.24, 2.45) is 0 Å². The number of anilines is 1. The largest absolute Gasteiger partial charge is 0.507 e. The summed E-state index contributed by atoms with van der Waals surface area (Å²) < 4.78 is 13.9. The summed E-state index contributed by atoms with van der Waals surface area (Å²) in [7, 11) is 0. The molecule has 0 unspecified atom stereocenters. The van der Waals surface area contributed by atoms with Crippen molar-refractivity contribution in [3.05, 3.63) is 48.3 Å². The molecule has 1 N–H and O–H groups in total. The van der Waals surface area contributed by atoms with Gasteiger partial charge in [-0.15, -0.1) is 0 Å². The molecular weight excluding hydrogens is 347 g/mol. The van der Waals surface area contributed by atoms with Gasteiger partial charge >= 0.3 is 0 Å². The third-order valence-electron chi connectivity index (χ3n) is 4.81. The third kappa shape index (κ3) is 3.28. The van der Waals surface area contributed by atoms with Crippen LogP contribution in [-0.4, -0.2) is 52.1 Å². The molecule has 0 atom stereocenters. The van der Waals surface area contributed by atoms with Crippen LogP contribution in [0.3, 0.4) is 0 Å². The van der Waals surface area contributed by atoms with Crippen LogP contribution in [0.25, 0.3) is 22.3 Å². The van der Waals surface area contributed by atoms with Crippen molar-refractivity contribution in [2.75, 3.05) is 31.1 Å². The Morgan fingerprint density at radius 1 is 1.07 bits per heavy atom. The minimum absolute atomic E-state index is 0.0446. The summed E-state index contributed by atoms with van der Waals surface area (Å²) in [6.45, 7) is 3.93. The molecule has 6 nitrogen and oxygen atoms in total. The maximum absolute atomic E-state index is 13.9. The number of aromatic hydroxyl groups is 1. The monoisotopic (exact) mass is 366 g/mol. The minimum atomic E-state index is -0.356. The molecule has 1 amide bonds. The first kappa shape index (κ1) is 17.2. The van der Waals surface area contributed by atoms with Crippen LogP contribution in [-0.2, 0) is 4.79 Å². The number of carbonyl (C=O) groups excluding carboxylic acids is 1. The Kier molecular flexibility index (Phi) is 4.35. The van der Waals surface area contributed by atoms with E-state index in [9.17, 15) is 14.3 Å². The molecule has 0 saturated carbocycles. The van der Waals surface area contributed by atoms with Crippen molar-refractivity contribution in [1.82, 2.24) is 14.9 Å². The standard InChI is InChI=1S/C20H19FN4O2/c1-13(26)24-8-10-25(11-9-24)20-16-12-14(21)6-7-17(16)22-19(23-20)15-4-2-3-5-18(15)27/h2-7,12,27H,8-11H2,1H3. The van der Waals surface area contributed by atoms with Crippen molar-refractivity contribution in [3.8, 4) is 17.1 Å². The van der Waals surface area contributed by atoms with Gasteiger partial charge in [0.05, 0.1) is 11.1 Å². The second kappa shape index (κ2) is 6.83. The molecule has 0 radical (unpaired) electrons. The fourth-order valence-corrected chi connectivity index (χ4v) is 3.34. The average Bonchev–Trinajstić information content (AvgIpc) is 2.68. The normalized spacial score (nSPS) is 14.6. The summed E-state index contributed by atoms with van der Waals surface area (Å²) in [5, 5.41) is 10.8. The molecule has 1 fully saturated rings. The van der Waals surface area contributed by atoms with E-state index in [1.165, 1.54) is 12.1 Å². The summed E-state index contributed by atoms with van der Waals surface area (Å²) in [6, 6.07) is 11.3. The molecule has 0 spiro atoms. The zero-order chi connectivity index (χ0) is 19.0. The molecule has 0 bridgehead atoms. The molecule has 27 heavy (non-hydrogen) atoms. The van der Waals surface area contributed by atoms with Gasteiger partial charge in [0, 0.05) is 38.5 Å². The first-order valence-corrected chi connectivity index (χ1v) is 8.79. The molecular formula is C20H19FN4O2. The maximum Gasteiger partial charge on any atom is 0.219 e. The molecule has 3 aromatic rings. The predicted octanol–water partition coefficient (Wildman–Crippen LogP) is 2.81. The number of hydrogen-bond donors (Lipinski definition) is 1. The first-order valence-electron chi connectivity index (χ1n) is 8.79. The smallest absolute Gasteiger partial charge is 0.219 e. The molecule has 0 aliphatic carbocycles. The van der Waals surface area contributed by atoms with Crippen LogP contribution in [0.1, 0.15) is 6.92 Å². The van der Waals surface area contributed by atoms with Crippen LogP contribution < -0.4 is 4.90 Å². The van der Waals surface area contributed by atoms with E-state index in [0.29, 0.717) is 54.3 Å². The first-order chi connectivity index (χ1) is 13.0. The molecule has 2 aromatic carbocycles. The van der Waals surface area contributed by atoms with Gasteiger partial charge in [-0.25, -0.2) is 14.4 Å². The van der Waals surface area contributed by atoms with E-state index >= 15 is 0 Å². The molecule has 2 heterocycles. The second-order valence-corrected chi connectivity index (χ2v) is 6.54. The number of phenols is 1. The SMILES string of the molecule is CC(=O)N1CCN(c2nc(-c3ccccc3O)nc3ccc(F)cc23)CC1. The number of phenolic OH excluding ortho intramolecular Hbond substituents is 1. The molecule has 4 rings (SSSR count). The number of benzene rings is 2. The van der Waals surface area contributed by atoms with Gasteiger partial charge in [-0.05, 0) is 30.3 Å². The lowest BCUT2D eigenvalue weighted by Gasteiger charge is -2.35. The Morgan fingerprint density at radius 3 is 2.52 bits per heavy atom. The molecule has 1 aliphatic heterocycles. The van der Waals surface area contributed by atoms with E-state index in [4.69, 9.17) is 0 Å². The predicted molar refractivity (Wildman–Crippen MR) is 101 cm³/mol. The minimum Gasteiger partial charge on any atom is -0.507 e. The number of aromatic nitrogens is 2. The number of rotatable bonds is 2. The second-order valence-electron chi connectivity index (χ2n) is 6.54. The summed E-state index contributed by atoms with van der Waals surface area (Å²) in [6.07, 6.45) is 0. The lowest BCUT2D eigenvalue weighted by atomic mass is 10.1. The van der Waals surface area contributed by atoms with Crippen molar-refractivity contribution >= 4 is 22.6 Å². The zero-order valence-corrected chi connectivity index (χ0v) is 14.9. The van der Waals surface area contributed by atoms with Gasteiger partial charge in [-0.1, -0.05) is 12.1 Å². The van der Waals surface area contributed by atoms with Gasteiger partial charge in [0.25, 0.3) is 0 Å². The van der Waals surface area contributed by atoms with Crippen molar-refractivity contribution < 1.29 is 14.3 Å². The molecule has 1 saturated heterocycles. The number of para-hydroxylation sites is 1. The number of amides is 1. The number of nitrogens with zero attached hydrogens (tertiary/aromatic N) is 4. The topological polar surface area (TPSA) is 69.6 Å². The van der Waals surface area contributed by atoms with E-state index in [2.05, 4.69) is 9.97 Å². The van der Waals surface area contributed by atoms with Gasteiger partial charge in [0.15, 0.2) is 5.82 Å². The van der Waals surface area contributed by atoms with Crippen LogP contribution in [0.4, 0.5) is 10.2 Å². The summed E-state index contributed by atoms with van der Waals surface area (Å²) in [5.74, 6) is 0.775. The van der Waals surface area contributed by atoms with Crippen LogP contribution in [0.2, 0.25) is 0 Å². The molecule has 138 valence electrons. The Hall–Kier alpha value is -3.22. The van der Waals surface area contributed by atoms with Crippen molar-refractivity contribution in [1.29, 1.82) is 0 Å². The van der Waals surface area contributed by atoms with Gasteiger partial charge in [-0.3, -0.25) is 4.79 Å². The van der Waals surface area contributed by atoms with E-state index < -0.39 is 0 Å². The van der Waals surface area contributed by atoms with Gasteiger partial charge in [-0.2, -0.15) is 0 Å². The molecule has 1 aromatic heterocycles. The highest BCUT2D eigenvalue weighted by atomic mass is 19.1. The van der Waals surface area contributed by atoms with Gasteiger partial charge in [0.1, 0.15) is 17.4 Å². The van der Waals surface area contributed by atoms with Crippen molar-refractivity contribution in [3.63, 3.8) is 0 Å². The van der Waals surface area contributed by atoms with E-state index in [1.807, 2.05) is 4.90 Å². The average molecular weight is 366 g/mol. The number of hydrogen-bond acceptors (Lipinski definition) is 5. The van der Waals surface area contributed by atoms with Crippen LogP contribution >= 0.6 is 0 Å².